The van der Waals surface area contributed by atoms with Crippen LogP contribution >= 0.6 is 0 Å². The summed E-state index contributed by atoms with van der Waals surface area (Å²) in [6.45, 7) is 8.00. The number of rotatable bonds is 6. The van der Waals surface area contributed by atoms with Gasteiger partial charge in [-0.1, -0.05) is 43.3 Å². The van der Waals surface area contributed by atoms with Crippen LogP contribution in [0, 0.1) is 6.92 Å². The monoisotopic (exact) mass is 269 g/mol. The van der Waals surface area contributed by atoms with E-state index in [1.54, 1.807) is 0 Å². The maximum absolute atomic E-state index is 5.85. The lowest BCUT2D eigenvalue weighted by Crippen LogP contribution is -2.17. The molecule has 20 heavy (non-hydrogen) atoms. The molecule has 0 amide bonds. The van der Waals surface area contributed by atoms with Crippen molar-refractivity contribution in [3.63, 3.8) is 0 Å². The highest BCUT2D eigenvalue weighted by molar-refractivity contribution is 5.30. The molecule has 2 heteroatoms. The van der Waals surface area contributed by atoms with Crippen molar-refractivity contribution in [1.82, 2.24) is 5.32 Å². The third-order valence-electron chi connectivity index (χ3n) is 3.55. The first-order valence-corrected chi connectivity index (χ1v) is 7.21. The molecule has 0 aromatic heterocycles. The molecule has 1 unspecified atom stereocenters. The molecule has 0 spiro atoms. The fraction of sp³-hybridized carbons (Fsp3) is 0.333. The quantitative estimate of drug-likeness (QED) is 0.846. The first-order valence-electron chi connectivity index (χ1n) is 7.21. The van der Waals surface area contributed by atoms with Gasteiger partial charge in [0.25, 0.3) is 0 Å². The Balaban J connectivity index is 1.96. The van der Waals surface area contributed by atoms with Crippen molar-refractivity contribution >= 4 is 0 Å². The zero-order valence-electron chi connectivity index (χ0n) is 12.5. The highest BCUT2D eigenvalue weighted by Crippen LogP contribution is 2.19. The molecule has 2 nitrogen and oxygen atoms in total. The lowest BCUT2D eigenvalue weighted by atomic mass is 10.1. The summed E-state index contributed by atoms with van der Waals surface area (Å²) in [6.07, 6.45) is 0. The van der Waals surface area contributed by atoms with Gasteiger partial charge in [0.05, 0.1) is 0 Å². The highest BCUT2D eigenvalue weighted by atomic mass is 16.5. The van der Waals surface area contributed by atoms with E-state index in [1.807, 2.05) is 18.2 Å². The number of benzene rings is 2. The maximum Gasteiger partial charge on any atom is 0.119 e. The van der Waals surface area contributed by atoms with Gasteiger partial charge in [0.15, 0.2) is 0 Å². The smallest absolute Gasteiger partial charge is 0.119 e. The van der Waals surface area contributed by atoms with Crippen molar-refractivity contribution in [3.05, 3.63) is 65.2 Å². The highest BCUT2D eigenvalue weighted by Gasteiger charge is 2.04. The number of nitrogens with one attached hydrogen (secondary N) is 1. The Morgan fingerprint density at radius 1 is 1.05 bits per heavy atom. The fourth-order valence-electron chi connectivity index (χ4n) is 2.21. The van der Waals surface area contributed by atoms with Gasteiger partial charge in [-0.15, -0.1) is 0 Å². The van der Waals surface area contributed by atoms with Crippen molar-refractivity contribution in [2.24, 2.45) is 0 Å². The lowest BCUT2D eigenvalue weighted by Gasteiger charge is -2.14. The van der Waals surface area contributed by atoms with Crippen molar-refractivity contribution in [2.45, 2.75) is 33.4 Å². The molecule has 106 valence electrons. The third kappa shape index (κ3) is 3.84. The molecule has 0 aliphatic heterocycles. The molecule has 0 fully saturated rings. The van der Waals surface area contributed by atoms with E-state index in [0.717, 1.165) is 12.3 Å². The molecule has 0 aliphatic rings. The average Bonchev–Trinajstić information content (AvgIpc) is 2.47. The van der Waals surface area contributed by atoms with Crippen LogP contribution in [0.4, 0.5) is 0 Å². The van der Waals surface area contributed by atoms with Gasteiger partial charge in [-0.05, 0) is 49.2 Å². The molecule has 0 radical (unpaired) electrons. The van der Waals surface area contributed by atoms with Gasteiger partial charge in [-0.25, -0.2) is 0 Å². The summed E-state index contributed by atoms with van der Waals surface area (Å²) in [5.74, 6) is 0.917. The van der Waals surface area contributed by atoms with Crippen molar-refractivity contribution in [1.29, 1.82) is 0 Å². The topological polar surface area (TPSA) is 21.3 Å². The Morgan fingerprint density at radius 3 is 2.40 bits per heavy atom. The van der Waals surface area contributed by atoms with E-state index in [4.69, 9.17) is 4.74 Å². The normalized spacial score (nSPS) is 12.2. The minimum atomic E-state index is 0.380. The first-order chi connectivity index (χ1) is 9.70. The van der Waals surface area contributed by atoms with Crippen LogP contribution in [0.3, 0.4) is 0 Å². The van der Waals surface area contributed by atoms with E-state index in [0.29, 0.717) is 12.6 Å². The van der Waals surface area contributed by atoms with Crippen LogP contribution in [0.15, 0.2) is 48.5 Å². The van der Waals surface area contributed by atoms with Crippen LogP contribution in [-0.4, -0.2) is 6.54 Å². The Kier molecular flexibility index (Phi) is 5.19. The van der Waals surface area contributed by atoms with Crippen LogP contribution < -0.4 is 10.1 Å². The summed E-state index contributed by atoms with van der Waals surface area (Å²) in [6, 6.07) is 17.0. The maximum atomic E-state index is 5.85. The third-order valence-corrected chi connectivity index (χ3v) is 3.55. The van der Waals surface area contributed by atoms with E-state index in [1.165, 1.54) is 16.7 Å². The van der Waals surface area contributed by atoms with E-state index >= 15 is 0 Å². The largest absolute Gasteiger partial charge is 0.489 e. The van der Waals surface area contributed by atoms with Gasteiger partial charge in [-0.3, -0.25) is 0 Å². The van der Waals surface area contributed by atoms with Crippen molar-refractivity contribution < 1.29 is 4.74 Å². The Labute approximate surface area is 121 Å². The standard InChI is InChI=1S/C18H23NO/c1-4-19-15(3)16-9-11-18(12-10-16)20-13-17-8-6-5-7-14(17)2/h5-12,15,19H,4,13H2,1-3H3. The predicted molar refractivity (Wildman–Crippen MR) is 84.0 cm³/mol. The Morgan fingerprint density at radius 2 is 1.75 bits per heavy atom. The average molecular weight is 269 g/mol. The summed E-state index contributed by atoms with van der Waals surface area (Å²) < 4.78 is 5.85. The number of hydrogen-bond donors (Lipinski definition) is 1. The first kappa shape index (κ1) is 14.6. The molecule has 2 aromatic carbocycles. The second-order valence-electron chi connectivity index (χ2n) is 5.06. The van der Waals surface area contributed by atoms with Gasteiger partial charge in [0, 0.05) is 6.04 Å². The van der Waals surface area contributed by atoms with Gasteiger partial charge in [0.1, 0.15) is 12.4 Å². The lowest BCUT2D eigenvalue weighted by molar-refractivity contribution is 0.305. The molecular weight excluding hydrogens is 246 g/mol. The van der Waals surface area contributed by atoms with E-state index in [2.05, 4.69) is 56.4 Å². The minimum Gasteiger partial charge on any atom is -0.489 e. The molecule has 0 aliphatic carbocycles. The Hall–Kier alpha value is -1.80. The number of ether oxygens (including phenoxy) is 1. The molecule has 1 atom stereocenters. The van der Waals surface area contributed by atoms with Crippen molar-refractivity contribution in [2.75, 3.05) is 6.54 Å². The van der Waals surface area contributed by atoms with Gasteiger partial charge in [-0.2, -0.15) is 0 Å². The summed E-state index contributed by atoms with van der Waals surface area (Å²) in [5, 5.41) is 3.41. The summed E-state index contributed by atoms with van der Waals surface area (Å²) in [4.78, 5) is 0. The van der Waals surface area contributed by atoms with Crippen LogP contribution in [0.5, 0.6) is 5.75 Å². The van der Waals surface area contributed by atoms with Crippen molar-refractivity contribution in [3.8, 4) is 5.75 Å². The predicted octanol–water partition coefficient (Wildman–Crippen LogP) is 4.24. The zero-order valence-corrected chi connectivity index (χ0v) is 12.5. The SMILES string of the molecule is CCNC(C)c1ccc(OCc2ccccc2C)cc1. The Bertz CT molecular complexity index is 533. The van der Waals surface area contributed by atoms with Crippen LogP contribution in [-0.2, 0) is 6.61 Å². The molecular formula is C18H23NO. The van der Waals surface area contributed by atoms with E-state index in [-0.39, 0.29) is 0 Å². The van der Waals surface area contributed by atoms with Crippen LogP contribution in [0.25, 0.3) is 0 Å². The van der Waals surface area contributed by atoms with Gasteiger partial charge in [0.2, 0.25) is 0 Å². The molecule has 0 heterocycles. The van der Waals surface area contributed by atoms with E-state index < -0.39 is 0 Å². The number of hydrogen-bond acceptors (Lipinski definition) is 2. The second-order valence-corrected chi connectivity index (χ2v) is 5.06. The minimum absolute atomic E-state index is 0.380. The van der Waals surface area contributed by atoms with Crippen LogP contribution in [0.1, 0.15) is 36.6 Å². The summed E-state index contributed by atoms with van der Waals surface area (Å²) >= 11 is 0. The van der Waals surface area contributed by atoms with Crippen LogP contribution in [0.2, 0.25) is 0 Å². The zero-order chi connectivity index (χ0) is 14.4. The molecule has 0 saturated heterocycles. The molecule has 2 rings (SSSR count). The molecule has 0 saturated carbocycles. The van der Waals surface area contributed by atoms with Gasteiger partial charge >= 0.3 is 0 Å². The number of aryl methyl sites for hydroxylation is 1. The summed E-state index contributed by atoms with van der Waals surface area (Å²) in [7, 11) is 0. The summed E-state index contributed by atoms with van der Waals surface area (Å²) in [5.41, 5.74) is 3.79. The second kappa shape index (κ2) is 7.11. The van der Waals surface area contributed by atoms with Gasteiger partial charge < -0.3 is 10.1 Å². The molecule has 2 aromatic rings. The molecule has 0 bridgehead atoms. The molecule has 1 N–H and O–H groups in total. The van der Waals surface area contributed by atoms with E-state index in [9.17, 15) is 0 Å². The fourth-order valence-corrected chi connectivity index (χ4v) is 2.21.